The fraction of sp³-hybridized carbons (Fsp3) is 0.270. The molecule has 1 unspecified atom stereocenters. The number of aromatic amines is 1. The minimum atomic E-state index is -0.704. The molecule has 2 aromatic carbocycles. The summed E-state index contributed by atoms with van der Waals surface area (Å²) in [6.07, 6.45) is 6.18. The normalized spacial score (nSPS) is 17.7. The van der Waals surface area contributed by atoms with Gasteiger partial charge < -0.3 is 19.4 Å². The zero-order chi connectivity index (χ0) is 34.1. The number of hydrogen-bond donors (Lipinski definition) is 2. The first-order valence-electron chi connectivity index (χ1n) is 16.6. The lowest BCUT2D eigenvalue weighted by atomic mass is 9.93. The van der Waals surface area contributed by atoms with E-state index in [1.807, 2.05) is 23.1 Å². The molecule has 3 aliphatic rings. The standard InChI is InChI=1S/C37H30ClFN6O4S/c1-48-32-22-10-13-24(21(22)9-11-23(32)38)42-34-33-19(14-15-40-34)17-27(50-33)29-28(35-43-44-37(47)49-35)25(12-6-18-4-7-20(39)8-5-18)41-31-26-3-2-16-45(26)36(46)30(29)31/h4-5,7-9,11,14-15,17,24,26H,2-3,6,10,12-13,16H2,1H3,(H,40,42)(H,44,47)/t24-,26?/m0/s1. The van der Waals surface area contributed by atoms with E-state index in [2.05, 4.69) is 21.6 Å². The summed E-state index contributed by atoms with van der Waals surface area (Å²) in [5, 5.41) is 11.9. The smallest absolute Gasteiger partial charge is 0.434 e. The molecule has 1 saturated heterocycles. The number of nitrogens with one attached hydrogen (secondary N) is 2. The van der Waals surface area contributed by atoms with Gasteiger partial charge in [-0.1, -0.05) is 29.8 Å². The predicted octanol–water partition coefficient (Wildman–Crippen LogP) is 7.68. The van der Waals surface area contributed by atoms with Gasteiger partial charge in [-0.15, -0.1) is 16.4 Å². The Morgan fingerprint density at radius 1 is 1.10 bits per heavy atom. The van der Waals surface area contributed by atoms with E-state index < -0.39 is 5.76 Å². The quantitative estimate of drug-likeness (QED) is 0.165. The number of carbonyl (C=O) groups is 1. The Kier molecular flexibility index (Phi) is 7.47. The predicted molar refractivity (Wildman–Crippen MR) is 188 cm³/mol. The van der Waals surface area contributed by atoms with Gasteiger partial charge in [0.15, 0.2) is 0 Å². The average Bonchev–Trinajstić information content (AvgIpc) is 3.96. The van der Waals surface area contributed by atoms with Crippen molar-refractivity contribution in [3.05, 3.63) is 110 Å². The Morgan fingerprint density at radius 3 is 2.76 bits per heavy atom. The molecule has 0 radical (unpaired) electrons. The van der Waals surface area contributed by atoms with Crippen molar-refractivity contribution in [2.24, 2.45) is 0 Å². The van der Waals surface area contributed by atoms with E-state index in [9.17, 15) is 14.0 Å². The van der Waals surface area contributed by atoms with E-state index in [0.29, 0.717) is 52.5 Å². The molecule has 2 atom stereocenters. The summed E-state index contributed by atoms with van der Waals surface area (Å²) in [6, 6.07) is 14.2. The number of hydrogen-bond acceptors (Lipinski definition) is 9. The first kappa shape index (κ1) is 30.9. The minimum Gasteiger partial charge on any atom is -0.495 e. The lowest BCUT2D eigenvalue weighted by molar-refractivity contribution is 0.0776. The van der Waals surface area contributed by atoms with E-state index in [4.69, 9.17) is 30.7 Å². The highest BCUT2D eigenvalue weighted by atomic mass is 35.5. The molecule has 0 bridgehead atoms. The Balaban J connectivity index is 1.20. The van der Waals surface area contributed by atoms with Gasteiger partial charge in [-0.3, -0.25) is 9.78 Å². The number of thiophene rings is 1. The largest absolute Gasteiger partial charge is 0.495 e. The van der Waals surface area contributed by atoms with Crippen LogP contribution in [0, 0.1) is 5.82 Å². The van der Waals surface area contributed by atoms with Gasteiger partial charge in [-0.05, 0) is 85.4 Å². The van der Waals surface area contributed by atoms with E-state index in [0.717, 1.165) is 68.8 Å². The number of rotatable bonds is 8. The van der Waals surface area contributed by atoms with Crippen LogP contribution in [0.15, 0.2) is 63.9 Å². The van der Waals surface area contributed by atoms with Crippen molar-refractivity contribution in [1.82, 2.24) is 25.1 Å². The van der Waals surface area contributed by atoms with Crippen LogP contribution in [-0.4, -0.2) is 44.6 Å². The number of nitrogens with zero attached hydrogens (tertiary/aromatic N) is 4. The van der Waals surface area contributed by atoms with Gasteiger partial charge in [0, 0.05) is 28.7 Å². The van der Waals surface area contributed by atoms with Crippen LogP contribution < -0.4 is 15.8 Å². The van der Waals surface area contributed by atoms with E-state index in [1.165, 1.54) is 23.5 Å². The summed E-state index contributed by atoms with van der Waals surface area (Å²) in [7, 11) is 1.64. The zero-order valence-electron chi connectivity index (χ0n) is 26.9. The molecular formula is C37H30ClFN6O4S. The van der Waals surface area contributed by atoms with Crippen molar-refractivity contribution in [2.45, 2.75) is 50.6 Å². The van der Waals surface area contributed by atoms with Crippen LogP contribution in [0.2, 0.25) is 5.02 Å². The van der Waals surface area contributed by atoms with Crippen LogP contribution >= 0.6 is 22.9 Å². The summed E-state index contributed by atoms with van der Waals surface area (Å²) < 4.78 is 25.9. The van der Waals surface area contributed by atoms with Crippen molar-refractivity contribution < 1.29 is 18.3 Å². The molecule has 1 amide bonds. The van der Waals surface area contributed by atoms with Crippen molar-refractivity contribution >= 4 is 44.7 Å². The average molecular weight is 709 g/mol. The third kappa shape index (κ3) is 4.99. The molecule has 2 N–H and O–H groups in total. The topological polar surface area (TPSA) is 126 Å². The molecule has 1 fully saturated rings. The monoisotopic (exact) mass is 708 g/mol. The third-order valence-corrected chi connectivity index (χ3v) is 11.5. The number of fused-ring (bicyclic) bond motifs is 5. The highest BCUT2D eigenvalue weighted by Crippen LogP contribution is 2.51. The van der Waals surface area contributed by atoms with E-state index in [-0.39, 0.29) is 29.7 Å². The molecule has 10 nitrogen and oxygen atoms in total. The zero-order valence-corrected chi connectivity index (χ0v) is 28.5. The van der Waals surface area contributed by atoms with Gasteiger partial charge in [0.1, 0.15) is 17.4 Å². The van der Waals surface area contributed by atoms with Crippen LogP contribution in [0.4, 0.5) is 10.2 Å². The summed E-state index contributed by atoms with van der Waals surface area (Å²) in [5.41, 5.74) is 6.22. The van der Waals surface area contributed by atoms with Gasteiger partial charge in [0.2, 0.25) is 0 Å². The molecule has 0 saturated carbocycles. The molecule has 4 aromatic heterocycles. The molecule has 6 heterocycles. The lowest BCUT2D eigenvalue weighted by Crippen LogP contribution is -2.22. The summed E-state index contributed by atoms with van der Waals surface area (Å²) in [4.78, 5) is 39.1. The van der Waals surface area contributed by atoms with E-state index in [1.54, 1.807) is 25.4 Å². The third-order valence-electron chi connectivity index (χ3n) is 10.1. The second kappa shape index (κ2) is 12.1. The first-order chi connectivity index (χ1) is 24.4. The van der Waals surface area contributed by atoms with Gasteiger partial charge in [-0.25, -0.2) is 19.3 Å². The van der Waals surface area contributed by atoms with Crippen LogP contribution in [0.1, 0.15) is 69.8 Å². The Bertz CT molecular complexity index is 2390. The van der Waals surface area contributed by atoms with Crippen LogP contribution in [0.25, 0.3) is 32.0 Å². The number of methoxy groups -OCH3 is 1. The number of anilines is 1. The summed E-state index contributed by atoms with van der Waals surface area (Å²) in [6.45, 7) is 0.653. The van der Waals surface area contributed by atoms with Crippen molar-refractivity contribution in [2.75, 3.05) is 19.0 Å². The summed E-state index contributed by atoms with van der Waals surface area (Å²) in [5.74, 6) is 0.413. The molecule has 9 rings (SSSR count). The van der Waals surface area contributed by atoms with Crippen LogP contribution in [-0.2, 0) is 19.3 Å². The Morgan fingerprint density at radius 2 is 1.96 bits per heavy atom. The molecular weight excluding hydrogens is 679 g/mol. The number of halogens is 2. The number of H-pyrrole nitrogens is 1. The highest BCUT2D eigenvalue weighted by Gasteiger charge is 2.45. The first-order valence-corrected chi connectivity index (χ1v) is 17.8. The maximum absolute atomic E-state index is 14.2. The number of aryl methyl sites for hydroxylation is 2. The molecule has 6 aromatic rings. The number of benzene rings is 2. The number of carbonyl (C=O) groups excluding carboxylic acids is 1. The van der Waals surface area contributed by atoms with Gasteiger partial charge in [0.05, 0.1) is 51.4 Å². The number of pyridine rings is 2. The van der Waals surface area contributed by atoms with Crippen LogP contribution in [0.5, 0.6) is 5.75 Å². The fourth-order valence-electron chi connectivity index (χ4n) is 7.83. The van der Waals surface area contributed by atoms with Gasteiger partial charge in [-0.2, -0.15) is 0 Å². The highest BCUT2D eigenvalue weighted by molar-refractivity contribution is 7.23. The SMILES string of the molecule is COc1c(Cl)ccc2c1CC[C@@H]2Nc1nccc2cc(-c3c4c(nc(CCc5ccc(F)cc5)c3-c3n[nH]c(=O)o3)C3CCCN3C4=O)sc12. The number of amides is 1. The van der Waals surface area contributed by atoms with Crippen LogP contribution in [0.3, 0.4) is 0 Å². The summed E-state index contributed by atoms with van der Waals surface area (Å²) >= 11 is 7.95. The fourth-order valence-corrected chi connectivity index (χ4v) is 9.25. The van der Waals surface area contributed by atoms with Crippen molar-refractivity contribution in [1.29, 1.82) is 0 Å². The Labute approximate surface area is 294 Å². The van der Waals surface area contributed by atoms with Gasteiger partial charge >= 0.3 is 5.76 Å². The minimum absolute atomic E-state index is 0.00528. The molecule has 1 aliphatic carbocycles. The molecule has 0 spiro atoms. The van der Waals surface area contributed by atoms with E-state index >= 15 is 0 Å². The van der Waals surface area contributed by atoms with Gasteiger partial charge in [0.25, 0.3) is 11.8 Å². The second-order valence-electron chi connectivity index (χ2n) is 12.8. The maximum atomic E-state index is 14.2. The van der Waals surface area contributed by atoms with Crippen molar-refractivity contribution in [3.63, 3.8) is 0 Å². The number of aromatic nitrogens is 4. The maximum Gasteiger partial charge on any atom is 0.434 e. The second-order valence-corrected chi connectivity index (χ2v) is 14.3. The Hall–Kier alpha value is -5.07. The molecule has 50 heavy (non-hydrogen) atoms. The molecule has 13 heteroatoms. The molecule has 252 valence electrons. The molecule has 2 aliphatic heterocycles. The van der Waals surface area contributed by atoms with Crippen molar-refractivity contribution in [3.8, 4) is 27.6 Å². The lowest BCUT2D eigenvalue weighted by Gasteiger charge is -2.16. The number of ether oxygens (including phenoxy) is 1.